The van der Waals surface area contributed by atoms with Gasteiger partial charge in [-0.05, 0) is 42.0 Å². The lowest BCUT2D eigenvalue weighted by molar-refractivity contribution is -0.126. The molecule has 3 N–H and O–H groups in total. The maximum atomic E-state index is 12.1. The second-order valence-electron chi connectivity index (χ2n) is 6.31. The fourth-order valence-electron chi connectivity index (χ4n) is 3.20. The van der Waals surface area contributed by atoms with Crippen LogP contribution in [0.2, 0.25) is 0 Å². The predicted octanol–water partition coefficient (Wildman–Crippen LogP) is 0.686. The molecule has 6 nitrogen and oxygen atoms in total. The van der Waals surface area contributed by atoms with Crippen molar-refractivity contribution >= 4 is 11.8 Å². The van der Waals surface area contributed by atoms with E-state index in [1.165, 1.54) is 6.92 Å². The molecule has 0 aromatic heterocycles. The van der Waals surface area contributed by atoms with E-state index in [0.29, 0.717) is 19.4 Å². The minimum absolute atomic E-state index is 0.0326. The minimum atomic E-state index is -0.285. The topological polar surface area (TPSA) is 87.7 Å². The third-order valence-electron chi connectivity index (χ3n) is 4.51. The van der Waals surface area contributed by atoms with Gasteiger partial charge in [-0.15, -0.1) is 0 Å². The third-order valence-corrected chi connectivity index (χ3v) is 4.51. The van der Waals surface area contributed by atoms with E-state index in [4.69, 9.17) is 4.74 Å². The SMILES string of the molecule is CC(=O)NCC(=O)N[C@@H](c1ccc2c(c1)CCO2)C1CC(O)C1. The van der Waals surface area contributed by atoms with E-state index < -0.39 is 0 Å². The summed E-state index contributed by atoms with van der Waals surface area (Å²) >= 11 is 0. The average molecular weight is 318 g/mol. The number of aliphatic hydroxyl groups excluding tert-OH is 1. The van der Waals surface area contributed by atoms with Crippen LogP contribution < -0.4 is 15.4 Å². The monoisotopic (exact) mass is 318 g/mol. The average Bonchev–Trinajstić information content (AvgIpc) is 2.95. The van der Waals surface area contributed by atoms with Crippen molar-refractivity contribution in [2.24, 2.45) is 5.92 Å². The zero-order chi connectivity index (χ0) is 16.4. The lowest BCUT2D eigenvalue weighted by Crippen LogP contribution is -2.44. The Morgan fingerprint density at radius 1 is 1.39 bits per heavy atom. The quantitative estimate of drug-likeness (QED) is 0.745. The Morgan fingerprint density at radius 2 is 2.17 bits per heavy atom. The van der Waals surface area contributed by atoms with Gasteiger partial charge in [0, 0.05) is 13.3 Å². The normalized spacial score (nSPS) is 23.2. The summed E-state index contributed by atoms with van der Waals surface area (Å²) in [7, 11) is 0. The molecule has 0 radical (unpaired) electrons. The zero-order valence-corrected chi connectivity index (χ0v) is 13.2. The molecule has 1 atom stereocenters. The maximum Gasteiger partial charge on any atom is 0.239 e. The van der Waals surface area contributed by atoms with Gasteiger partial charge in [0.1, 0.15) is 5.75 Å². The van der Waals surface area contributed by atoms with Crippen molar-refractivity contribution in [3.8, 4) is 5.75 Å². The van der Waals surface area contributed by atoms with Crippen LogP contribution in [-0.2, 0) is 16.0 Å². The van der Waals surface area contributed by atoms with Gasteiger partial charge in [-0.1, -0.05) is 6.07 Å². The summed E-state index contributed by atoms with van der Waals surface area (Å²) in [6, 6.07) is 5.85. The Morgan fingerprint density at radius 3 is 2.87 bits per heavy atom. The molecule has 0 spiro atoms. The van der Waals surface area contributed by atoms with Crippen molar-refractivity contribution in [3.05, 3.63) is 29.3 Å². The highest BCUT2D eigenvalue weighted by molar-refractivity contribution is 5.83. The summed E-state index contributed by atoms with van der Waals surface area (Å²) in [4.78, 5) is 23.0. The predicted molar refractivity (Wildman–Crippen MR) is 83.9 cm³/mol. The smallest absolute Gasteiger partial charge is 0.239 e. The molecule has 2 aliphatic rings. The van der Waals surface area contributed by atoms with E-state index in [2.05, 4.69) is 16.7 Å². The number of benzene rings is 1. The second-order valence-corrected chi connectivity index (χ2v) is 6.31. The summed E-state index contributed by atoms with van der Waals surface area (Å²) in [5, 5.41) is 15.1. The first-order valence-electron chi connectivity index (χ1n) is 8.00. The fraction of sp³-hybridized carbons (Fsp3) is 0.529. The van der Waals surface area contributed by atoms with E-state index in [0.717, 1.165) is 23.3 Å². The van der Waals surface area contributed by atoms with E-state index in [9.17, 15) is 14.7 Å². The highest BCUT2D eigenvalue weighted by atomic mass is 16.5. The van der Waals surface area contributed by atoms with Crippen LogP contribution in [-0.4, -0.2) is 36.2 Å². The molecule has 3 rings (SSSR count). The molecule has 1 fully saturated rings. The molecular formula is C17H22N2O4. The van der Waals surface area contributed by atoms with Gasteiger partial charge in [0.25, 0.3) is 0 Å². The number of ether oxygens (including phenoxy) is 1. The number of carbonyl (C=O) groups excluding carboxylic acids is 2. The van der Waals surface area contributed by atoms with Crippen LogP contribution in [0, 0.1) is 5.92 Å². The van der Waals surface area contributed by atoms with E-state index >= 15 is 0 Å². The number of hydrogen-bond donors (Lipinski definition) is 3. The van der Waals surface area contributed by atoms with Gasteiger partial charge in [0.2, 0.25) is 11.8 Å². The number of nitrogens with one attached hydrogen (secondary N) is 2. The van der Waals surface area contributed by atoms with Crippen molar-refractivity contribution in [2.75, 3.05) is 13.2 Å². The van der Waals surface area contributed by atoms with Gasteiger partial charge in [-0.2, -0.15) is 0 Å². The number of hydrogen-bond acceptors (Lipinski definition) is 4. The number of fused-ring (bicyclic) bond motifs is 1. The van der Waals surface area contributed by atoms with Gasteiger partial charge >= 0.3 is 0 Å². The maximum absolute atomic E-state index is 12.1. The van der Waals surface area contributed by atoms with Gasteiger partial charge in [-0.3, -0.25) is 9.59 Å². The van der Waals surface area contributed by atoms with Gasteiger partial charge in [-0.25, -0.2) is 0 Å². The van der Waals surface area contributed by atoms with Crippen LogP contribution >= 0.6 is 0 Å². The second kappa shape index (κ2) is 6.58. The first kappa shape index (κ1) is 15.8. The van der Waals surface area contributed by atoms with E-state index in [1.54, 1.807) is 0 Å². The molecule has 2 amide bonds. The summed E-state index contributed by atoms with van der Waals surface area (Å²) in [5.41, 5.74) is 2.19. The van der Waals surface area contributed by atoms with Crippen LogP contribution in [0.1, 0.15) is 36.9 Å². The molecular weight excluding hydrogens is 296 g/mol. The molecule has 124 valence electrons. The van der Waals surface area contributed by atoms with Crippen LogP contribution in [0.3, 0.4) is 0 Å². The van der Waals surface area contributed by atoms with E-state index in [-0.39, 0.29) is 36.4 Å². The summed E-state index contributed by atoms with van der Waals surface area (Å²) in [5.74, 6) is 0.672. The molecule has 1 aromatic rings. The Labute approximate surface area is 135 Å². The summed E-state index contributed by atoms with van der Waals surface area (Å²) in [6.07, 6.45) is 1.95. The summed E-state index contributed by atoms with van der Waals surface area (Å²) < 4.78 is 5.52. The number of aliphatic hydroxyl groups is 1. The zero-order valence-electron chi connectivity index (χ0n) is 13.2. The van der Waals surface area contributed by atoms with Crippen molar-refractivity contribution in [3.63, 3.8) is 0 Å². The summed E-state index contributed by atoms with van der Waals surface area (Å²) in [6.45, 7) is 2.04. The molecule has 0 bridgehead atoms. The lowest BCUT2D eigenvalue weighted by atomic mass is 9.75. The van der Waals surface area contributed by atoms with Crippen LogP contribution in [0.15, 0.2) is 18.2 Å². The third kappa shape index (κ3) is 3.64. The van der Waals surface area contributed by atoms with Crippen LogP contribution in [0.4, 0.5) is 0 Å². The standard InChI is InChI=1S/C17H22N2O4/c1-10(20)18-9-16(22)19-17(13-7-14(21)8-13)12-2-3-15-11(6-12)4-5-23-15/h2-3,6,13-14,17,21H,4-5,7-9H2,1H3,(H,18,20)(H,19,22)/t13?,14?,17-/m0/s1. The Hall–Kier alpha value is -2.08. The van der Waals surface area contributed by atoms with Gasteiger partial charge < -0.3 is 20.5 Å². The highest BCUT2D eigenvalue weighted by Gasteiger charge is 2.36. The molecule has 1 saturated carbocycles. The Kier molecular flexibility index (Phi) is 4.52. The molecule has 1 heterocycles. The van der Waals surface area contributed by atoms with Crippen molar-refractivity contribution in [1.29, 1.82) is 0 Å². The molecule has 1 aliphatic heterocycles. The van der Waals surface area contributed by atoms with E-state index in [1.807, 2.05) is 12.1 Å². The van der Waals surface area contributed by atoms with Crippen LogP contribution in [0.5, 0.6) is 5.75 Å². The first-order valence-corrected chi connectivity index (χ1v) is 8.00. The van der Waals surface area contributed by atoms with Gasteiger partial charge in [0.15, 0.2) is 0 Å². The molecule has 0 saturated heterocycles. The molecule has 0 unspecified atom stereocenters. The van der Waals surface area contributed by atoms with Crippen molar-refractivity contribution < 1.29 is 19.4 Å². The van der Waals surface area contributed by atoms with Crippen molar-refractivity contribution in [1.82, 2.24) is 10.6 Å². The Bertz CT molecular complexity index is 611. The van der Waals surface area contributed by atoms with Crippen molar-refractivity contribution in [2.45, 2.75) is 38.3 Å². The first-order chi connectivity index (χ1) is 11.0. The fourth-order valence-corrected chi connectivity index (χ4v) is 3.20. The lowest BCUT2D eigenvalue weighted by Gasteiger charge is -2.38. The van der Waals surface area contributed by atoms with Crippen LogP contribution in [0.25, 0.3) is 0 Å². The number of amides is 2. The minimum Gasteiger partial charge on any atom is -0.493 e. The molecule has 1 aliphatic carbocycles. The molecule has 1 aromatic carbocycles. The number of rotatable bonds is 5. The Balaban J connectivity index is 1.73. The largest absolute Gasteiger partial charge is 0.493 e. The molecule has 23 heavy (non-hydrogen) atoms. The number of carbonyl (C=O) groups is 2. The van der Waals surface area contributed by atoms with Gasteiger partial charge in [0.05, 0.1) is 25.3 Å². The molecule has 6 heteroatoms. The highest BCUT2D eigenvalue weighted by Crippen LogP contribution is 2.39.